The van der Waals surface area contributed by atoms with Crippen molar-refractivity contribution in [1.29, 1.82) is 5.26 Å². The maximum absolute atomic E-state index is 14.6. The summed E-state index contributed by atoms with van der Waals surface area (Å²) in [6.45, 7) is 5.87. The van der Waals surface area contributed by atoms with E-state index >= 15 is 0 Å². The van der Waals surface area contributed by atoms with Crippen molar-refractivity contribution in [2.45, 2.75) is 49.7 Å². The zero-order chi connectivity index (χ0) is 21.3. The molecule has 0 amide bonds. The number of halogens is 3. The van der Waals surface area contributed by atoms with Gasteiger partial charge in [0.15, 0.2) is 14.6 Å². The summed E-state index contributed by atoms with van der Waals surface area (Å²) in [4.78, 5) is 0. The van der Waals surface area contributed by atoms with Crippen LogP contribution in [0.1, 0.15) is 40.2 Å². The van der Waals surface area contributed by atoms with Gasteiger partial charge >= 0.3 is 0 Å². The van der Waals surface area contributed by atoms with Crippen LogP contribution in [0, 0.1) is 17.1 Å². The third-order valence-electron chi connectivity index (χ3n) is 4.00. The highest BCUT2D eigenvalue weighted by molar-refractivity contribution is 9.10. The van der Waals surface area contributed by atoms with Gasteiger partial charge in [-0.15, -0.1) is 0 Å². The molecule has 1 aromatic rings. The van der Waals surface area contributed by atoms with Crippen molar-refractivity contribution in [3.8, 4) is 6.07 Å². The van der Waals surface area contributed by atoms with Gasteiger partial charge in [0.05, 0.1) is 27.6 Å². The molecule has 0 spiro atoms. The number of nitriles is 1. The average molecular weight is 485 g/mol. The lowest BCUT2D eigenvalue weighted by Gasteiger charge is -2.36. The van der Waals surface area contributed by atoms with Gasteiger partial charge in [-0.3, -0.25) is 0 Å². The van der Waals surface area contributed by atoms with E-state index in [9.17, 15) is 26.7 Å². The molecule has 0 aromatic heterocycles. The van der Waals surface area contributed by atoms with Crippen molar-refractivity contribution >= 4 is 36.8 Å². The molecule has 0 saturated heterocycles. The standard InChI is InChI=1S/C17H23BrF2N2O3S2/c1-15(2,3)26(23)22-17(9-19,11-27(24,25)16(4,5)10-21)13-8-12(18)6-7-14(13)20/h6-8,22H,9,11H2,1-5H3/t17-,26-/m0/s1. The SMILES string of the molecule is CC(C)(C)[S@](=O)N[C@@](CF)(CS(=O)(=O)C(C)(C)C#N)c1cc(Br)ccc1F. The molecule has 0 radical (unpaired) electrons. The second-order valence-electron chi connectivity index (χ2n) is 7.70. The van der Waals surface area contributed by atoms with E-state index in [0.717, 1.165) is 6.07 Å². The summed E-state index contributed by atoms with van der Waals surface area (Å²) in [6, 6.07) is 5.37. The molecule has 2 atom stereocenters. The van der Waals surface area contributed by atoms with Crippen LogP contribution in [-0.2, 0) is 26.4 Å². The molecule has 1 N–H and O–H groups in total. The minimum Gasteiger partial charge on any atom is -0.249 e. The summed E-state index contributed by atoms with van der Waals surface area (Å²) in [5.41, 5.74) is -2.41. The highest BCUT2D eigenvalue weighted by Gasteiger charge is 2.47. The summed E-state index contributed by atoms with van der Waals surface area (Å²) in [6.07, 6.45) is 0. The Hall–Kier alpha value is -0.890. The molecule has 0 heterocycles. The molecular weight excluding hydrogens is 462 g/mol. The quantitative estimate of drug-likeness (QED) is 0.641. The predicted octanol–water partition coefficient (Wildman–Crippen LogP) is 3.52. The van der Waals surface area contributed by atoms with E-state index in [2.05, 4.69) is 20.7 Å². The number of sulfone groups is 1. The Morgan fingerprint density at radius 1 is 1.26 bits per heavy atom. The van der Waals surface area contributed by atoms with Gasteiger partial charge in [0, 0.05) is 10.0 Å². The molecule has 1 rings (SSSR count). The lowest BCUT2D eigenvalue weighted by atomic mass is 9.94. The molecule has 0 aliphatic heterocycles. The van der Waals surface area contributed by atoms with Crippen molar-refractivity contribution in [1.82, 2.24) is 4.72 Å². The third-order valence-corrected chi connectivity index (χ3v) is 8.70. The number of hydrogen-bond donors (Lipinski definition) is 1. The molecule has 0 aliphatic rings. The fraction of sp³-hybridized carbons (Fsp3) is 0.588. The van der Waals surface area contributed by atoms with Crippen molar-refractivity contribution in [2.75, 3.05) is 12.4 Å². The molecule has 1 aromatic carbocycles. The third kappa shape index (κ3) is 5.34. The van der Waals surface area contributed by atoms with Crippen molar-refractivity contribution in [3.05, 3.63) is 34.1 Å². The van der Waals surface area contributed by atoms with Crippen LogP contribution in [0.3, 0.4) is 0 Å². The highest BCUT2D eigenvalue weighted by atomic mass is 79.9. The van der Waals surface area contributed by atoms with Crippen LogP contribution in [0.5, 0.6) is 0 Å². The number of nitrogens with zero attached hydrogens (tertiary/aromatic N) is 1. The van der Waals surface area contributed by atoms with Gasteiger partial charge in [-0.05, 0) is 52.8 Å². The van der Waals surface area contributed by atoms with Gasteiger partial charge in [0.25, 0.3) is 0 Å². The molecule has 27 heavy (non-hydrogen) atoms. The first-order chi connectivity index (χ1) is 12.1. The Balaban J connectivity index is 3.68. The largest absolute Gasteiger partial charge is 0.249 e. The topological polar surface area (TPSA) is 87.0 Å². The zero-order valence-electron chi connectivity index (χ0n) is 15.8. The first-order valence-corrected chi connectivity index (χ1v) is 11.6. The van der Waals surface area contributed by atoms with Crippen LogP contribution in [0.25, 0.3) is 0 Å². The maximum Gasteiger partial charge on any atom is 0.171 e. The number of alkyl halides is 1. The molecule has 0 aliphatic carbocycles. The van der Waals surface area contributed by atoms with E-state index in [0.29, 0.717) is 4.47 Å². The monoisotopic (exact) mass is 484 g/mol. The van der Waals surface area contributed by atoms with Crippen LogP contribution in [-0.4, -0.2) is 34.5 Å². The Morgan fingerprint density at radius 2 is 1.81 bits per heavy atom. The Morgan fingerprint density at radius 3 is 2.26 bits per heavy atom. The molecule has 10 heteroatoms. The second kappa shape index (κ2) is 8.23. The molecule has 0 unspecified atom stereocenters. The van der Waals surface area contributed by atoms with E-state index in [4.69, 9.17) is 0 Å². The maximum atomic E-state index is 14.6. The summed E-state index contributed by atoms with van der Waals surface area (Å²) in [5, 5.41) is 9.19. The predicted molar refractivity (Wildman–Crippen MR) is 106 cm³/mol. The minimum absolute atomic E-state index is 0.283. The molecule has 0 fully saturated rings. The van der Waals surface area contributed by atoms with Crippen molar-refractivity contribution < 1.29 is 21.4 Å². The van der Waals surface area contributed by atoms with Gasteiger partial charge in [-0.25, -0.2) is 26.1 Å². The molecule has 0 saturated carbocycles. The van der Waals surface area contributed by atoms with Gasteiger partial charge in [0.2, 0.25) is 0 Å². The van der Waals surface area contributed by atoms with E-state index in [1.165, 1.54) is 26.0 Å². The fourth-order valence-corrected chi connectivity index (χ4v) is 4.87. The van der Waals surface area contributed by atoms with Crippen molar-refractivity contribution in [3.63, 3.8) is 0 Å². The van der Waals surface area contributed by atoms with Gasteiger partial charge in [0.1, 0.15) is 18.0 Å². The van der Waals surface area contributed by atoms with Crippen LogP contribution >= 0.6 is 15.9 Å². The molecule has 0 bridgehead atoms. The van der Waals surface area contributed by atoms with E-state index < -0.39 is 54.1 Å². The van der Waals surface area contributed by atoms with Crippen LogP contribution in [0.4, 0.5) is 8.78 Å². The lowest BCUT2D eigenvalue weighted by molar-refractivity contribution is 0.303. The smallest absolute Gasteiger partial charge is 0.171 e. The zero-order valence-corrected chi connectivity index (χ0v) is 19.0. The van der Waals surface area contributed by atoms with E-state index in [-0.39, 0.29) is 5.56 Å². The second-order valence-corrected chi connectivity index (χ2v) is 13.1. The highest BCUT2D eigenvalue weighted by Crippen LogP contribution is 2.33. The van der Waals surface area contributed by atoms with Crippen molar-refractivity contribution in [2.24, 2.45) is 0 Å². The number of rotatable bonds is 7. The first kappa shape index (κ1) is 24.1. The Kier molecular flexibility index (Phi) is 7.36. The van der Waals surface area contributed by atoms with Gasteiger partial charge in [-0.2, -0.15) is 5.26 Å². The Bertz CT molecular complexity index is 877. The number of hydrogen-bond acceptors (Lipinski definition) is 4. The molecular formula is C17H23BrF2N2O3S2. The van der Waals surface area contributed by atoms with Gasteiger partial charge in [-0.1, -0.05) is 15.9 Å². The van der Waals surface area contributed by atoms with Crippen LogP contribution < -0.4 is 4.72 Å². The normalized spacial score (nSPS) is 16.4. The average Bonchev–Trinajstić information content (AvgIpc) is 2.54. The molecule has 152 valence electrons. The van der Waals surface area contributed by atoms with Crippen LogP contribution in [0.15, 0.2) is 22.7 Å². The summed E-state index contributed by atoms with van der Waals surface area (Å²) >= 11 is 3.16. The summed E-state index contributed by atoms with van der Waals surface area (Å²) in [7, 11) is -6.13. The fourth-order valence-electron chi connectivity index (χ4n) is 2.07. The van der Waals surface area contributed by atoms with Gasteiger partial charge < -0.3 is 0 Å². The lowest BCUT2D eigenvalue weighted by Crippen LogP contribution is -2.55. The first-order valence-electron chi connectivity index (χ1n) is 7.97. The summed E-state index contributed by atoms with van der Waals surface area (Å²) < 4.78 is 67.4. The number of benzene rings is 1. The Labute approximate surface area is 170 Å². The van der Waals surface area contributed by atoms with E-state index in [1.54, 1.807) is 26.8 Å². The molecule has 5 nitrogen and oxygen atoms in total. The minimum atomic E-state index is -4.23. The number of nitrogens with one attached hydrogen (secondary N) is 1. The van der Waals surface area contributed by atoms with E-state index in [1.807, 2.05) is 0 Å². The van der Waals surface area contributed by atoms with Crippen LogP contribution in [0.2, 0.25) is 0 Å². The summed E-state index contributed by atoms with van der Waals surface area (Å²) in [5.74, 6) is -1.79.